The highest BCUT2D eigenvalue weighted by atomic mass is 79.9. The maximum atomic E-state index is 12.5. The summed E-state index contributed by atoms with van der Waals surface area (Å²) in [7, 11) is 1.80. The first-order valence-corrected chi connectivity index (χ1v) is 9.60. The Morgan fingerprint density at radius 3 is 2.61 bits per heavy atom. The van der Waals surface area contributed by atoms with Crippen LogP contribution in [0.25, 0.3) is 10.6 Å². The summed E-state index contributed by atoms with van der Waals surface area (Å²) in [6, 6.07) is 7.96. The van der Waals surface area contributed by atoms with E-state index < -0.39 is 0 Å². The molecular weight excluding hydrogens is 374 g/mol. The predicted octanol–water partition coefficient (Wildman–Crippen LogP) is 4.90. The Balaban J connectivity index is 1.66. The topological polar surface area (TPSA) is 46.1 Å². The lowest BCUT2D eigenvalue weighted by Crippen LogP contribution is -2.28. The van der Waals surface area contributed by atoms with Crippen molar-refractivity contribution in [1.29, 1.82) is 0 Å². The summed E-state index contributed by atoms with van der Waals surface area (Å²) in [6.07, 6.45) is 6.82. The number of hydrogen-bond acceptors (Lipinski definition) is 4. The maximum absolute atomic E-state index is 12.5. The molecule has 0 atom stereocenters. The second-order valence-corrected chi connectivity index (χ2v) is 7.93. The number of aromatic nitrogens is 2. The van der Waals surface area contributed by atoms with E-state index in [1.165, 1.54) is 43.4 Å². The van der Waals surface area contributed by atoms with Crippen molar-refractivity contribution in [1.82, 2.24) is 10.2 Å². The number of carbonyl (C=O) groups excluding carboxylic acids is 1. The van der Waals surface area contributed by atoms with E-state index in [0.29, 0.717) is 17.5 Å². The third kappa shape index (κ3) is 4.18. The van der Waals surface area contributed by atoms with Crippen LogP contribution < -0.4 is 4.90 Å². The van der Waals surface area contributed by atoms with Gasteiger partial charge in [0, 0.05) is 23.5 Å². The second kappa shape index (κ2) is 7.53. The first-order valence-electron chi connectivity index (χ1n) is 7.99. The van der Waals surface area contributed by atoms with E-state index in [0.717, 1.165) is 15.0 Å². The SMILES string of the molecule is CN(C(=O)CC1CCCCC1)c1nnc(-c2ccc(Br)cc2)s1. The van der Waals surface area contributed by atoms with Gasteiger partial charge in [-0.15, -0.1) is 10.2 Å². The molecule has 1 heterocycles. The summed E-state index contributed by atoms with van der Waals surface area (Å²) in [6.45, 7) is 0. The molecule has 1 aliphatic rings. The molecule has 0 N–H and O–H groups in total. The largest absolute Gasteiger partial charge is 0.290 e. The van der Waals surface area contributed by atoms with Gasteiger partial charge in [-0.25, -0.2) is 0 Å². The highest BCUT2D eigenvalue weighted by molar-refractivity contribution is 9.10. The molecule has 0 spiro atoms. The quantitative estimate of drug-likeness (QED) is 0.741. The van der Waals surface area contributed by atoms with Gasteiger partial charge in [-0.2, -0.15) is 0 Å². The van der Waals surface area contributed by atoms with Crippen LogP contribution in [0.4, 0.5) is 5.13 Å². The predicted molar refractivity (Wildman–Crippen MR) is 97.6 cm³/mol. The Labute approximate surface area is 149 Å². The van der Waals surface area contributed by atoms with Crippen LogP contribution in [0, 0.1) is 5.92 Å². The van der Waals surface area contributed by atoms with Crippen LogP contribution in [0.5, 0.6) is 0 Å². The second-order valence-electron chi connectivity index (χ2n) is 6.06. The molecule has 1 aliphatic carbocycles. The Morgan fingerprint density at radius 2 is 1.91 bits per heavy atom. The van der Waals surface area contributed by atoms with Crippen molar-refractivity contribution in [2.45, 2.75) is 38.5 Å². The minimum absolute atomic E-state index is 0.149. The van der Waals surface area contributed by atoms with Gasteiger partial charge in [0.1, 0.15) is 5.01 Å². The fourth-order valence-corrected chi connectivity index (χ4v) is 4.04. The first kappa shape index (κ1) is 16.6. The number of amides is 1. The Bertz CT molecular complexity index is 665. The van der Waals surface area contributed by atoms with E-state index in [2.05, 4.69) is 26.1 Å². The van der Waals surface area contributed by atoms with Crippen LogP contribution in [0.15, 0.2) is 28.7 Å². The smallest absolute Gasteiger partial charge is 0.228 e. The van der Waals surface area contributed by atoms with Crippen molar-refractivity contribution >= 4 is 38.3 Å². The standard InChI is InChI=1S/C17H20BrN3OS/c1-21(15(22)11-12-5-3-2-4-6-12)17-20-19-16(23-17)13-7-9-14(18)10-8-13/h7-10,12H,2-6,11H2,1H3. The van der Waals surface area contributed by atoms with Gasteiger partial charge in [0.05, 0.1) is 0 Å². The fraction of sp³-hybridized carbons (Fsp3) is 0.471. The molecule has 3 rings (SSSR count). The Kier molecular flexibility index (Phi) is 5.43. The molecule has 1 amide bonds. The monoisotopic (exact) mass is 393 g/mol. The summed E-state index contributed by atoms with van der Waals surface area (Å²) in [5.41, 5.74) is 1.02. The molecule has 1 aromatic heterocycles. The van der Waals surface area contributed by atoms with Gasteiger partial charge < -0.3 is 0 Å². The van der Waals surface area contributed by atoms with Crippen LogP contribution in [0.3, 0.4) is 0 Å². The highest BCUT2D eigenvalue weighted by Crippen LogP contribution is 2.31. The molecule has 23 heavy (non-hydrogen) atoms. The van der Waals surface area contributed by atoms with Gasteiger partial charge >= 0.3 is 0 Å². The normalized spacial score (nSPS) is 15.6. The van der Waals surface area contributed by atoms with E-state index in [1.807, 2.05) is 24.3 Å². The third-order valence-corrected chi connectivity index (χ3v) is 5.93. The number of carbonyl (C=O) groups is 1. The lowest BCUT2D eigenvalue weighted by molar-refractivity contribution is -0.119. The molecule has 0 radical (unpaired) electrons. The number of benzene rings is 1. The molecule has 6 heteroatoms. The number of hydrogen-bond donors (Lipinski definition) is 0. The summed E-state index contributed by atoms with van der Waals surface area (Å²) in [4.78, 5) is 14.1. The van der Waals surface area contributed by atoms with E-state index in [1.54, 1.807) is 11.9 Å². The Morgan fingerprint density at radius 1 is 1.22 bits per heavy atom. The van der Waals surface area contributed by atoms with Crippen LogP contribution >= 0.6 is 27.3 Å². The molecule has 0 bridgehead atoms. The summed E-state index contributed by atoms with van der Waals surface area (Å²) < 4.78 is 1.03. The van der Waals surface area contributed by atoms with Crippen LogP contribution in [-0.2, 0) is 4.79 Å². The van der Waals surface area contributed by atoms with E-state index in [-0.39, 0.29) is 5.91 Å². The average molecular weight is 394 g/mol. The van der Waals surface area contributed by atoms with Crippen molar-refractivity contribution in [2.24, 2.45) is 5.92 Å². The zero-order valence-corrected chi connectivity index (χ0v) is 15.6. The van der Waals surface area contributed by atoms with Crippen LogP contribution in [0.2, 0.25) is 0 Å². The molecule has 1 fully saturated rings. The van der Waals surface area contributed by atoms with Gasteiger partial charge in [0.25, 0.3) is 0 Å². The Hall–Kier alpha value is -1.27. The summed E-state index contributed by atoms with van der Waals surface area (Å²) >= 11 is 4.88. The minimum Gasteiger partial charge on any atom is -0.290 e. The van der Waals surface area contributed by atoms with Crippen molar-refractivity contribution < 1.29 is 4.79 Å². The number of anilines is 1. The van der Waals surface area contributed by atoms with Gasteiger partial charge in [0.2, 0.25) is 11.0 Å². The molecule has 1 aromatic carbocycles. The number of halogens is 1. The summed E-state index contributed by atoms with van der Waals surface area (Å²) in [5.74, 6) is 0.688. The first-order chi connectivity index (χ1) is 11.1. The van der Waals surface area contributed by atoms with E-state index in [9.17, 15) is 4.79 Å². The molecule has 2 aromatic rings. The molecule has 1 saturated carbocycles. The number of nitrogens with zero attached hydrogens (tertiary/aromatic N) is 3. The third-order valence-electron chi connectivity index (χ3n) is 4.35. The van der Waals surface area contributed by atoms with Gasteiger partial charge in [-0.05, 0) is 30.9 Å². The maximum Gasteiger partial charge on any atom is 0.228 e. The van der Waals surface area contributed by atoms with Gasteiger partial charge in [-0.3, -0.25) is 9.69 Å². The fourth-order valence-electron chi connectivity index (χ4n) is 2.94. The van der Waals surface area contributed by atoms with Crippen molar-refractivity contribution in [3.8, 4) is 10.6 Å². The van der Waals surface area contributed by atoms with E-state index in [4.69, 9.17) is 0 Å². The lowest BCUT2D eigenvalue weighted by Gasteiger charge is -2.22. The van der Waals surface area contributed by atoms with Gasteiger partial charge in [-0.1, -0.05) is 58.7 Å². The zero-order chi connectivity index (χ0) is 16.2. The van der Waals surface area contributed by atoms with Crippen LogP contribution in [-0.4, -0.2) is 23.2 Å². The lowest BCUT2D eigenvalue weighted by atomic mass is 9.87. The molecule has 4 nitrogen and oxygen atoms in total. The van der Waals surface area contributed by atoms with Crippen molar-refractivity contribution in [2.75, 3.05) is 11.9 Å². The zero-order valence-electron chi connectivity index (χ0n) is 13.2. The average Bonchev–Trinajstić information content (AvgIpc) is 3.05. The molecule has 0 aliphatic heterocycles. The van der Waals surface area contributed by atoms with Crippen molar-refractivity contribution in [3.05, 3.63) is 28.7 Å². The summed E-state index contributed by atoms with van der Waals surface area (Å²) in [5, 5.41) is 9.92. The van der Waals surface area contributed by atoms with E-state index >= 15 is 0 Å². The van der Waals surface area contributed by atoms with Crippen molar-refractivity contribution in [3.63, 3.8) is 0 Å². The molecule has 122 valence electrons. The van der Waals surface area contributed by atoms with Gasteiger partial charge in [0.15, 0.2) is 0 Å². The number of rotatable bonds is 4. The molecule has 0 unspecified atom stereocenters. The minimum atomic E-state index is 0.149. The molecule has 0 saturated heterocycles. The molecular formula is C17H20BrN3OS. The van der Waals surface area contributed by atoms with Crippen LogP contribution in [0.1, 0.15) is 38.5 Å². The highest BCUT2D eigenvalue weighted by Gasteiger charge is 2.22.